The summed E-state index contributed by atoms with van der Waals surface area (Å²) in [6, 6.07) is 2.64. The predicted molar refractivity (Wildman–Crippen MR) is 63.3 cm³/mol. The maximum Gasteiger partial charge on any atom is 1.00 e. The molecular weight excluding hydrogens is 248 g/mol. The Morgan fingerprint density at radius 1 is 1.29 bits per heavy atom. The average molecular weight is 262 g/mol. The number of carbonyl (C=O) groups excluding carboxylic acids is 1. The van der Waals surface area contributed by atoms with Crippen LogP contribution in [0.5, 0.6) is 17.2 Å². The van der Waals surface area contributed by atoms with Gasteiger partial charge < -0.3 is 19.3 Å². The number of hydrogen-bond acceptors (Lipinski definition) is 5. The van der Waals surface area contributed by atoms with Crippen LogP contribution in [0.2, 0.25) is 0 Å². The molecule has 0 heterocycles. The number of ether oxygens (including phenoxy) is 3. The summed E-state index contributed by atoms with van der Waals surface area (Å²) in [7, 11) is 4.16. The molecule has 0 saturated heterocycles. The van der Waals surface area contributed by atoms with E-state index in [1.165, 1.54) is 33.5 Å². The van der Waals surface area contributed by atoms with Gasteiger partial charge in [-0.15, -0.1) is 0 Å². The molecule has 0 spiro atoms. The van der Waals surface area contributed by atoms with Crippen LogP contribution in [0.3, 0.4) is 0 Å². The maximum atomic E-state index is 11.8. The van der Waals surface area contributed by atoms with E-state index in [0.29, 0.717) is 11.5 Å². The van der Waals surface area contributed by atoms with Crippen molar-refractivity contribution in [1.82, 2.24) is 0 Å². The van der Waals surface area contributed by atoms with Crippen molar-refractivity contribution in [1.29, 1.82) is 0 Å². The molecule has 0 radical (unpaired) electrons. The number of benzene rings is 1. The van der Waals surface area contributed by atoms with Gasteiger partial charge in [0, 0.05) is 13.2 Å². The van der Waals surface area contributed by atoms with E-state index in [4.69, 9.17) is 21.1 Å². The minimum absolute atomic E-state index is 0. The van der Waals surface area contributed by atoms with Gasteiger partial charge in [0.15, 0.2) is 17.1 Å². The van der Waals surface area contributed by atoms with Crippen LogP contribution in [0.1, 0.15) is 11.8 Å². The number of methoxy groups -OCH3 is 3. The minimum atomic E-state index is -1.15. The zero-order valence-electron chi connectivity index (χ0n) is 10.7. The first-order chi connectivity index (χ1) is 8.04. The fourth-order valence-corrected chi connectivity index (χ4v) is 1.41. The summed E-state index contributed by atoms with van der Waals surface area (Å²) in [4.78, 5) is 11.8. The maximum absolute atomic E-state index is 11.8. The van der Waals surface area contributed by atoms with Gasteiger partial charge in [0.2, 0.25) is 5.78 Å². The van der Waals surface area contributed by atoms with E-state index in [1.54, 1.807) is 0 Å². The minimum Gasteiger partial charge on any atom is -0.507 e. The number of aromatic hydroxyl groups is 1. The van der Waals surface area contributed by atoms with E-state index in [2.05, 4.69) is 4.74 Å². The first-order valence-corrected chi connectivity index (χ1v) is 5.14. The molecule has 0 amide bonds. The number of ketones is 1. The van der Waals surface area contributed by atoms with Gasteiger partial charge in [-0.3, -0.25) is 4.79 Å². The standard InChI is InChI=1S/C11H13ClO5/c1-15-8-4-6(10(14)11(12)17-3)7(13)5-9(8)16-2/h4-5,11,13H,1-3H3/p+1. The van der Waals surface area contributed by atoms with Crippen molar-refractivity contribution < 1.29 is 25.5 Å². The van der Waals surface area contributed by atoms with Crippen LogP contribution >= 0.6 is 11.6 Å². The highest BCUT2D eigenvalue weighted by atomic mass is 35.5. The largest absolute Gasteiger partial charge is 1.00 e. The molecule has 1 N–H and O–H groups in total. The van der Waals surface area contributed by atoms with Gasteiger partial charge >= 0.3 is 1.43 Å². The average Bonchev–Trinajstić information content (AvgIpc) is 2.36. The third-order valence-electron chi connectivity index (χ3n) is 2.18. The Hall–Kier alpha value is -1.46. The monoisotopic (exact) mass is 261 g/mol. The number of carbonyl (C=O) groups is 1. The molecule has 1 aromatic carbocycles. The van der Waals surface area contributed by atoms with Crippen molar-refractivity contribution >= 4 is 17.4 Å². The first kappa shape index (κ1) is 13.6. The fourth-order valence-electron chi connectivity index (χ4n) is 1.29. The summed E-state index contributed by atoms with van der Waals surface area (Å²) in [6.45, 7) is 0. The van der Waals surface area contributed by atoms with E-state index in [0.717, 1.165) is 0 Å². The summed E-state index contributed by atoms with van der Waals surface area (Å²) < 4.78 is 14.7. The van der Waals surface area contributed by atoms with E-state index >= 15 is 0 Å². The lowest BCUT2D eigenvalue weighted by atomic mass is 10.1. The molecule has 94 valence electrons. The number of rotatable bonds is 5. The highest BCUT2D eigenvalue weighted by Gasteiger charge is 2.22. The van der Waals surface area contributed by atoms with Gasteiger partial charge in [-0.1, -0.05) is 11.6 Å². The molecule has 17 heavy (non-hydrogen) atoms. The van der Waals surface area contributed by atoms with Crippen molar-refractivity contribution in [2.24, 2.45) is 0 Å². The van der Waals surface area contributed by atoms with Gasteiger partial charge in [-0.05, 0) is 6.07 Å². The smallest absolute Gasteiger partial charge is 0.507 e. The van der Waals surface area contributed by atoms with E-state index in [9.17, 15) is 9.90 Å². The van der Waals surface area contributed by atoms with Crippen molar-refractivity contribution in [2.75, 3.05) is 21.3 Å². The Morgan fingerprint density at radius 2 is 1.82 bits per heavy atom. The number of phenolic OH excluding ortho intramolecular Hbond substituents is 1. The molecule has 0 aromatic heterocycles. The highest BCUT2D eigenvalue weighted by molar-refractivity contribution is 6.33. The molecule has 0 aliphatic heterocycles. The molecule has 0 aliphatic rings. The molecule has 6 heteroatoms. The highest BCUT2D eigenvalue weighted by Crippen LogP contribution is 2.34. The summed E-state index contributed by atoms with van der Waals surface area (Å²) in [6.07, 6.45) is 0. The lowest BCUT2D eigenvalue weighted by molar-refractivity contribution is 0.0778. The van der Waals surface area contributed by atoms with Gasteiger partial charge in [-0.25, -0.2) is 0 Å². The molecule has 1 rings (SSSR count). The van der Waals surface area contributed by atoms with Crippen LogP contribution in [0.4, 0.5) is 0 Å². The van der Waals surface area contributed by atoms with Crippen molar-refractivity contribution in [3.05, 3.63) is 17.7 Å². The third-order valence-corrected chi connectivity index (χ3v) is 2.56. The summed E-state index contributed by atoms with van der Waals surface area (Å²) in [5.74, 6) is -0.137. The van der Waals surface area contributed by atoms with Crippen LogP contribution < -0.4 is 9.47 Å². The lowest BCUT2D eigenvalue weighted by Gasteiger charge is -2.12. The molecule has 0 fully saturated rings. The van der Waals surface area contributed by atoms with E-state index < -0.39 is 11.3 Å². The Labute approximate surface area is 105 Å². The number of Topliss-reactive ketones (excluding diaryl/α,β-unsaturated/α-hetero) is 1. The lowest BCUT2D eigenvalue weighted by Crippen LogP contribution is -2.16. The molecule has 1 unspecified atom stereocenters. The molecule has 0 bridgehead atoms. The SMILES string of the molecule is COc1cc(O)c(C(=O)C(Cl)OC)cc1OC.[H+]. The zero-order chi connectivity index (χ0) is 13.0. The Morgan fingerprint density at radius 3 is 2.29 bits per heavy atom. The van der Waals surface area contributed by atoms with Crippen LogP contribution in [0.25, 0.3) is 0 Å². The molecule has 1 atom stereocenters. The Kier molecular flexibility index (Phi) is 4.60. The Balaban J connectivity index is 0.00000289. The molecule has 0 aliphatic carbocycles. The summed E-state index contributed by atoms with van der Waals surface area (Å²) in [5.41, 5.74) is -1.14. The van der Waals surface area contributed by atoms with Crippen molar-refractivity contribution in [2.45, 2.75) is 5.56 Å². The number of halogens is 1. The normalized spacial score (nSPS) is 12.0. The molecule has 5 nitrogen and oxygen atoms in total. The quantitative estimate of drug-likeness (QED) is 0.648. The summed E-state index contributed by atoms with van der Waals surface area (Å²) in [5, 5.41) is 9.69. The second-order valence-electron chi connectivity index (χ2n) is 3.14. The third kappa shape index (κ3) is 2.81. The topological polar surface area (TPSA) is 65.0 Å². The van der Waals surface area contributed by atoms with Crippen LogP contribution in [-0.4, -0.2) is 37.8 Å². The van der Waals surface area contributed by atoms with Gasteiger partial charge in [0.1, 0.15) is 5.75 Å². The fraction of sp³-hybridized carbons (Fsp3) is 0.364. The van der Waals surface area contributed by atoms with Gasteiger partial charge in [0.05, 0.1) is 19.8 Å². The number of hydrogen-bond donors (Lipinski definition) is 1. The van der Waals surface area contributed by atoms with Crippen LogP contribution in [0, 0.1) is 0 Å². The number of phenols is 1. The van der Waals surface area contributed by atoms with E-state index in [1.807, 2.05) is 0 Å². The van der Waals surface area contributed by atoms with Crippen LogP contribution in [0.15, 0.2) is 12.1 Å². The molecule has 1 aromatic rings. The van der Waals surface area contributed by atoms with Crippen molar-refractivity contribution in [3.63, 3.8) is 0 Å². The molecule has 0 saturated carbocycles. The van der Waals surface area contributed by atoms with Crippen LogP contribution in [-0.2, 0) is 4.74 Å². The zero-order valence-corrected chi connectivity index (χ0v) is 10.4. The second kappa shape index (κ2) is 5.75. The second-order valence-corrected chi connectivity index (χ2v) is 3.54. The number of alkyl halides is 1. The van der Waals surface area contributed by atoms with Gasteiger partial charge in [0.25, 0.3) is 0 Å². The summed E-state index contributed by atoms with van der Waals surface area (Å²) >= 11 is 5.64. The van der Waals surface area contributed by atoms with Crippen molar-refractivity contribution in [3.8, 4) is 17.2 Å². The predicted octanol–water partition coefficient (Wildman–Crippen LogP) is 1.92. The first-order valence-electron chi connectivity index (χ1n) is 4.71. The Bertz CT molecular complexity index is 424. The van der Waals surface area contributed by atoms with E-state index in [-0.39, 0.29) is 12.7 Å². The molecular formula is C11H14ClO5+. The van der Waals surface area contributed by atoms with Gasteiger partial charge in [-0.2, -0.15) is 0 Å².